The topological polar surface area (TPSA) is 75.2 Å². The summed E-state index contributed by atoms with van der Waals surface area (Å²) in [5, 5.41) is 0. The summed E-state index contributed by atoms with van der Waals surface area (Å²) in [7, 11) is 1.74. The number of likely N-dealkylation sites (N-methyl/N-ethyl adjacent to an activating group) is 1. The Morgan fingerprint density at radius 1 is 1.36 bits per heavy atom. The summed E-state index contributed by atoms with van der Waals surface area (Å²) in [6, 6.07) is 0. The number of H-pyrrole nitrogens is 1. The third-order valence-electron chi connectivity index (χ3n) is 2.35. The molecule has 0 fully saturated rings. The van der Waals surface area contributed by atoms with Gasteiger partial charge in [-0.2, -0.15) is 0 Å². The van der Waals surface area contributed by atoms with Crippen LogP contribution in [0.1, 0.15) is 10.4 Å². The van der Waals surface area contributed by atoms with Gasteiger partial charge in [-0.05, 0) is 0 Å². The first-order valence-electron chi connectivity index (χ1n) is 4.18. The van der Waals surface area contributed by atoms with Crippen LogP contribution in [0.5, 0.6) is 0 Å². The summed E-state index contributed by atoms with van der Waals surface area (Å²) in [5.74, 6) is 0.411. The van der Waals surface area contributed by atoms with Crippen LogP contribution >= 0.6 is 0 Å². The second-order valence-electron chi connectivity index (χ2n) is 3.19. The first-order chi connectivity index (χ1) is 6.65. The Labute approximate surface area is 78.8 Å². The second-order valence-corrected chi connectivity index (χ2v) is 3.19. The lowest BCUT2D eigenvalue weighted by Gasteiger charge is -2.11. The van der Waals surface area contributed by atoms with Crippen LogP contribution < -0.4 is 16.1 Å². The van der Waals surface area contributed by atoms with E-state index < -0.39 is 11.2 Å². The number of nitrogens with zero attached hydrogens (tertiary/aromatic N) is 2. The van der Waals surface area contributed by atoms with Crippen molar-refractivity contribution in [2.24, 2.45) is 0 Å². The first-order valence-corrected chi connectivity index (χ1v) is 4.18. The standard InChI is InChI=1S/C8H9N3O3/c1-10-2-3-11-7(10)5(4-12)6(13)9-8(11)14/h4H,2-3H2,1H3,(H,9,13,14). The fourth-order valence-electron chi connectivity index (χ4n) is 1.66. The maximum atomic E-state index is 11.3. The van der Waals surface area contributed by atoms with E-state index in [0.29, 0.717) is 25.2 Å². The van der Waals surface area contributed by atoms with Crippen LogP contribution in [-0.2, 0) is 6.54 Å². The third-order valence-corrected chi connectivity index (χ3v) is 2.35. The highest BCUT2D eigenvalue weighted by Crippen LogP contribution is 2.17. The Morgan fingerprint density at radius 2 is 2.07 bits per heavy atom. The fraction of sp³-hybridized carbons (Fsp3) is 0.375. The number of aromatic nitrogens is 2. The van der Waals surface area contributed by atoms with Gasteiger partial charge in [-0.15, -0.1) is 0 Å². The van der Waals surface area contributed by atoms with Crippen molar-refractivity contribution in [1.82, 2.24) is 9.55 Å². The number of hydrogen-bond acceptors (Lipinski definition) is 4. The molecule has 1 N–H and O–H groups in total. The van der Waals surface area contributed by atoms with E-state index in [-0.39, 0.29) is 5.56 Å². The molecule has 0 spiro atoms. The number of rotatable bonds is 1. The van der Waals surface area contributed by atoms with E-state index >= 15 is 0 Å². The van der Waals surface area contributed by atoms with Crippen molar-refractivity contribution in [3.05, 3.63) is 26.4 Å². The summed E-state index contributed by atoms with van der Waals surface area (Å²) in [6.45, 7) is 1.13. The molecule has 1 aliphatic heterocycles. The summed E-state index contributed by atoms with van der Waals surface area (Å²) in [5.41, 5.74) is -1.06. The summed E-state index contributed by atoms with van der Waals surface area (Å²) >= 11 is 0. The zero-order valence-corrected chi connectivity index (χ0v) is 7.61. The van der Waals surface area contributed by atoms with Crippen LogP contribution in [0.4, 0.5) is 5.82 Å². The van der Waals surface area contributed by atoms with Gasteiger partial charge >= 0.3 is 5.69 Å². The Balaban J connectivity index is 2.88. The van der Waals surface area contributed by atoms with Gasteiger partial charge in [0.1, 0.15) is 11.4 Å². The normalized spacial score (nSPS) is 14.2. The maximum absolute atomic E-state index is 11.3. The molecule has 1 aliphatic rings. The number of nitrogens with one attached hydrogen (secondary N) is 1. The van der Waals surface area contributed by atoms with E-state index in [0.717, 1.165) is 0 Å². The molecule has 0 aromatic carbocycles. The highest BCUT2D eigenvalue weighted by atomic mass is 16.2. The molecule has 14 heavy (non-hydrogen) atoms. The molecule has 2 rings (SSSR count). The number of carbonyl (C=O) groups is 1. The number of carbonyl (C=O) groups excluding carboxylic acids is 1. The molecule has 1 aromatic heterocycles. The van der Waals surface area contributed by atoms with E-state index in [1.807, 2.05) is 0 Å². The van der Waals surface area contributed by atoms with Gasteiger partial charge in [0, 0.05) is 20.1 Å². The smallest absolute Gasteiger partial charge is 0.330 e. The molecular weight excluding hydrogens is 186 g/mol. The Hall–Kier alpha value is -1.85. The van der Waals surface area contributed by atoms with Crippen LogP contribution in [-0.4, -0.2) is 29.4 Å². The minimum Gasteiger partial charge on any atom is -0.358 e. The molecule has 2 heterocycles. The van der Waals surface area contributed by atoms with Gasteiger partial charge in [-0.3, -0.25) is 19.1 Å². The van der Waals surface area contributed by atoms with Crippen molar-refractivity contribution in [1.29, 1.82) is 0 Å². The maximum Gasteiger partial charge on any atom is 0.330 e. The Morgan fingerprint density at radius 3 is 2.71 bits per heavy atom. The first kappa shape index (κ1) is 8.74. The van der Waals surface area contributed by atoms with Crippen molar-refractivity contribution >= 4 is 12.1 Å². The van der Waals surface area contributed by atoms with Gasteiger partial charge in [0.25, 0.3) is 5.56 Å². The summed E-state index contributed by atoms with van der Waals surface area (Å²) in [6.07, 6.45) is 0.478. The van der Waals surface area contributed by atoms with E-state index in [4.69, 9.17) is 0 Å². The van der Waals surface area contributed by atoms with Crippen LogP contribution in [0.15, 0.2) is 9.59 Å². The molecule has 0 saturated heterocycles. The van der Waals surface area contributed by atoms with Crippen molar-refractivity contribution in [2.45, 2.75) is 6.54 Å². The second kappa shape index (κ2) is 2.83. The zero-order valence-electron chi connectivity index (χ0n) is 7.61. The van der Waals surface area contributed by atoms with Crippen molar-refractivity contribution in [3.8, 4) is 0 Å². The van der Waals surface area contributed by atoms with Gasteiger partial charge in [-0.1, -0.05) is 0 Å². The SMILES string of the molecule is CN1CCn2c1c(C=O)c(=O)[nH]c2=O. The van der Waals surface area contributed by atoms with Crippen molar-refractivity contribution < 1.29 is 4.79 Å². The quantitative estimate of drug-likeness (QED) is 0.571. The largest absolute Gasteiger partial charge is 0.358 e. The van der Waals surface area contributed by atoms with Crippen LogP contribution in [0.2, 0.25) is 0 Å². The van der Waals surface area contributed by atoms with Gasteiger partial charge in [-0.25, -0.2) is 4.79 Å². The van der Waals surface area contributed by atoms with E-state index in [1.54, 1.807) is 11.9 Å². The number of fused-ring (bicyclic) bond motifs is 1. The van der Waals surface area contributed by atoms with Gasteiger partial charge in [0.2, 0.25) is 0 Å². The molecule has 0 unspecified atom stereocenters. The summed E-state index contributed by atoms with van der Waals surface area (Å²) < 4.78 is 1.39. The minimum absolute atomic E-state index is 0.0181. The fourth-order valence-corrected chi connectivity index (χ4v) is 1.66. The Kier molecular flexibility index (Phi) is 1.77. The molecule has 0 bridgehead atoms. The molecule has 6 nitrogen and oxygen atoms in total. The molecule has 0 aliphatic carbocycles. The predicted molar refractivity (Wildman–Crippen MR) is 50.0 cm³/mol. The van der Waals surface area contributed by atoms with E-state index in [1.165, 1.54) is 4.57 Å². The molecule has 0 radical (unpaired) electrons. The third kappa shape index (κ3) is 1.00. The summed E-state index contributed by atoms with van der Waals surface area (Å²) in [4.78, 5) is 37.1. The van der Waals surface area contributed by atoms with Crippen LogP contribution in [0.3, 0.4) is 0 Å². The lowest BCUT2D eigenvalue weighted by Crippen LogP contribution is -2.32. The predicted octanol–water partition coefficient (Wildman–Crippen LogP) is -1.20. The molecule has 0 amide bonds. The van der Waals surface area contributed by atoms with E-state index in [2.05, 4.69) is 4.98 Å². The van der Waals surface area contributed by atoms with Crippen LogP contribution in [0, 0.1) is 0 Å². The molecule has 6 heteroatoms. The van der Waals surface area contributed by atoms with Gasteiger partial charge < -0.3 is 4.90 Å². The van der Waals surface area contributed by atoms with E-state index in [9.17, 15) is 14.4 Å². The molecule has 1 aromatic rings. The average molecular weight is 195 g/mol. The zero-order chi connectivity index (χ0) is 10.3. The highest BCUT2D eigenvalue weighted by Gasteiger charge is 2.22. The lowest BCUT2D eigenvalue weighted by molar-refractivity contribution is 0.112. The molecule has 0 atom stereocenters. The molecule has 74 valence electrons. The lowest BCUT2D eigenvalue weighted by atomic mass is 10.3. The number of anilines is 1. The van der Waals surface area contributed by atoms with Crippen LogP contribution in [0.25, 0.3) is 0 Å². The Bertz CT molecular complexity index is 500. The van der Waals surface area contributed by atoms with Crippen molar-refractivity contribution in [2.75, 3.05) is 18.5 Å². The molecule has 0 saturated carbocycles. The van der Waals surface area contributed by atoms with Gasteiger partial charge in [0.05, 0.1) is 0 Å². The average Bonchev–Trinajstić information content (AvgIpc) is 2.50. The highest BCUT2D eigenvalue weighted by molar-refractivity contribution is 5.82. The minimum atomic E-state index is -0.620. The van der Waals surface area contributed by atoms with Gasteiger partial charge in [0.15, 0.2) is 6.29 Å². The number of hydrogen-bond donors (Lipinski definition) is 1. The number of aldehydes is 1. The number of aromatic amines is 1. The van der Waals surface area contributed by atoms with Crippen molar-refractivity contribution in [3.63, 3.8) is 0 Å². The molecular formula is C8H9N3O3. The monoisotopic (exact) mass is 195 g/mol.